The first-order chi connectivity index (χ1) is 8.00. The molecule has 0 spiro atoms. The molecule has 6 heteroatoms. The van der Waals surface area contributed by atoms with E-state index in [4.69, 9.17) is 4.52 Å². The van der Waals surface area contributed by atoms with Gasteiger partial charge in [0.2, 0.25) is 11.8 Å². The van der Waals surface area contributed by atoms with Crippen molar-refractivity contribution in [3.8, 4) is 0 Å². The van der Waals surface area contributed by atoms with Gasteiger partial charge in [-0.05, 0) is 13.8 Å². The zero-order valence-electron chi connectivity index (χ0n) is 10.9. The number of rotatable bonds is 6. The number of carbonyl (C=O) groups excluding carboxylic acids is 1. The normalized spacial score (nSPS) is 10.9. The summed E-state index contributed by atoms with van der Waals surface area (Å²) in [5, 5.41) is 6.84. The van der Waals surface area contributed by atoms with Crippen LogP contribution in [0.3, 0.4) is 0 Å². The Morgan fingerprint density at radius 2 is 2.24 bits per heavy atom. The number of amides is 1. The van der Waals surface area contributed by atoms with Gasteiger partial charge >= 0.3 is 0 Å². The largest absolute Gasteiger partial charge is 0.342 e. The summed E-state index contributed by atoms with van der Waals surface area (Å²) >= 11 is 0. The maximum atomic E-state index is 11.6. The van der Waals surface area contributed by atoms with Crippen molar-refractivity contribution < 1.29 is 9.32 Å². The van der Waals surface area contributed by atoms with Gasteiger partial charge < -0.3 is 14.7 Å². The molecule has 0 saturated carbocycles. The highest BCUT2D eigenvalue weighted by Crippen LogP contribution is 1.95. The summed E-state index contributed by atoms with van der Waals surface area (Å²) in [7, 11) is 1.80. The molecule has 0 aliphatic heterocycles. The highest BCUT2D eigenvalue weighted by molar-refractivity contribution is 5.78. The van der Waals surface area contributed by atoms with Gasteiger partial charge in [-0.1, -0.05) is 5.16 Å². The van der Waals surface area contributed by atoms with Crippen LogP contribution in [0.15, 0.2) is 4.52 Å². The highest BCUT2D eigenvalue weighted by atomic mass is 16.5. The SMILES string of the molecule is Cc1nc(CCNCC(=O)N(C)C(C)C)no1. The molecule has 0 atom stereocenters. The quantitative estimate of drug-likeness (QED) is 0.728. The molecule has 0 saturated heterocycles. The van der Waals surface area contributed by atoms with Gasteiger partial charge in [0.15, 0.2) is 5.82 Å². The number of aromatic nitrogens is 2. The summed E-state index contributed by atoms with van der Waals surface area (Å²) in [5.41, 5.74) is 0. The van der Waals surface area contributed by atoms with E-state index < -0.39 is 0 Å². The third-order valence-electron chi connectivity index (χ3n) is 2.54. The number of likely N-dealkylation sites (N-methyl/N-ethyl adjacent to an activating group) is 1. The van der Waals surface area contributed by atoms with E-state index in [1.165, 1.54) is 0 Å². The van der Waals surface area contributed by atoms with Crippen LogP contribution in [-0.2, 0) is 11.2 Å². The lowest BCUT2D eigenvalue weighted by Crippen LogP contribution is -2.39. The number of nitrogens with one attached hydrogen (secondary N) is 1. The second-order valence-electron chi connectivity index (χ2n) is 4.25. The summed E-state index contributed by atoms with van der Waals surface area (Å²) in [6.07, 6.45) is 0.663. The van der Waals surface area contributed by atoms with E-state index >= 15 is 0 Å². The monoisotopic (exact) mass is 240 g/mol. The third-order valence-corrected chi connectivity index (χ3v) is 2.54. The second kappa shape index (κ2) is 6.34. The third kappa shape index (κ3) is 4.52. The van der Waals surface area contributed by atoms with Crippen LogP contribution < -0.4 is 5.32 Å². The van der Waals surface area contributed by atoms with Crippen LogP contribution in [0.25, 0.3) is 0 Å². The van der Waals surface area contributed by atoms with Crippen LogP contribution in [-0.4, -0.2) is 47.1 Å². The van der Waals surface area contributed by atoms with Crippen LogP contribution in [0.5, 0.6) is 0 Å². The number of nitrogens with zero attached hydrogens (tertiary/aromatic N) is 3. The number of carbonyl (C=O) groups is 1. The molecule has 0 fully saturated rings. The van der Waals surface area contributed by atoms with Crippen molar-refractivity contribution in [1.82, 2.24) is 20.4 Å². The van der Waals surface area contributed by atoms with Gasteiger partial charge in [-0.3, -0.25) is 4.79 Å². The molecule has 6 nitrogen and oxygen atoms in total. The minimum Gasteiger partial charge on any atom is -0.342 e. The first-order valence-corrected chi connectivity index (χ1v) is 5.76. The van der Waals surface area contributed by atoms with Gasteiger partial charge in [0, 0.05) is 33.0 Å². The molecule has 0 aliphatic carbocycles. The summed E-state index contributed by atoms with van der Waals surface area (Å²) < 4.78 is 4.85. The van der Waals surface area contributed by atoms with Crippen molar-refractivity contribution in [1.29, 1.82) is 0 Å². The molecule has 1 aromatic rings. The van der Waals surface area contributed by atoms with Crippen LogP contribution >= 0.6 is 0 Å². The molecule has 1 heterocycles. The summed E-state index contributed by atoms with van der Waals surface area (Å²) in [6.45, 7) is 6.73. The molecular formula is C11H20N4O2. The molecule has 0 bridgehead atoms. The molecule has 1 amide bonds. The Labute approximate surface area is 101 Å². The Hall–Kier alpha value is -1.43. The first kappa shape index (κ1) is 13.6. The lowest BCUT2D eigenvalue weighted by atomic mass is 10.3. The van der Waals surface area contributed by atoms with Crippen molar-refractivity contribution in [2.24, 2.45) is 0 Å². The molecule has 17 heavy (non-hydrogen) atoms. The average Bonchev–Trinajstić information content (AvgIpc) is 2.69. The molecule has 0 radical (unpaired) electrons. The van der Waals surface area contributed by atoms with E-state index in [-0.39, 0.29) is 11.9 Å². The lowest BCUT2D eigenvalue weighted by molar-refractivity contribution is -0.130. The average molecular weight is 240 g/mol. The fraction of sp³-hybridized carbons (Fsp3) is 0.727. The Balaban J connectivity index is 2.18. The van der Waals surface area contributed by atoms with Crippen LogP contribution in [0.4, 0.5) is 0 Å². The summed E-state index contributed by atoms with van der Waals surface area (Å²) in [5.74, 6) is 1.32. The molecule has 1 aromatic heterocycles. The molecule has 0 aliphatic rings. The minimum atomic E-state index is 0.0873. The standard InChI is InChI=1S/C11H20N4O2/c1-8(2)15(4)11(16)7-12-6-5-10-13-9(3)17-14-10/h8,12H,5-7H2,1-4H3. The number of aryl methyl sites for hydroxylation is 1. The second-order valence-corrected chi connectivity index (χ2v) is 4.25. The maximum Gasteiger partial charge on any atom is 0.236 e. The van der Waals surface area contributed by atoms with Crippen LogP contribution in [0.1, 0.15) is 25.6 Å². The Morgan fingerprint density at radius 1 is 1.53 bits per heavy atom. The number of hydrogen-bond acceptors (Lipinski definition) is 5. The van der Waals surface area contributed by atoms with Gasteiger partial charge in [0.25, 0.3) is 0 Å². The van der Waals surface area contributed by atoms with E-state index in [2.05, 4.69) is 15.5 Å². The van der Waals surface area contributed by atoms with Gasteiger partial charge in [-0.15, -0.1) is 0 Å². The van der Waals surface area contributed by atoms with Crippen molar-refractivity contribution in [3.63, 3.8) is 0 Å². The highest BCUT2D eigenvalue weighted by Gasteiger charge is 2.10. The predicted octanol–water partition coefficient (Wildman–Crippen LogP) is 0.377. The summed E-state index contributed by atoms with van der Waals surface area (Å²) in [4.78, 5) is 17.4. The zero-order valence-corrected chi connectivity index (χ0v) is 10.9. The molecule has 1 rings (SSSR count). The summed E-state index contributed by atoms with van der Waals surface area (Å²) in [6, 6.07) is 0.226. The van der Waals surface area contributed by atoms with Crippen molar-refractivity contribution >= 4 is 5.91 Å². The predicted molar refractivity (Wildman–Crippen MR) is 63.5 cm³/mol. The van der Waals surface area contributed by atoms with Gasteiger partial charge in [-0.2, -0.15) is 4.98 Å². The minimum absolute atomic E-state index is 0.0873. The van der Waals surface area contributed by atoms with Crippen molar-refractivity contribution in [3.05, 3.63) is 11.7 Å². The smallest absolute Gasteiger partial charge is 0.236 e. The molecule has 1 N–H and O–H groups in total. The fourth-order valence-electron chi connectivity index (χ4n) is 1.25. The van der Waals surface area contributed by atoms with E-state index in [1.54, 1.807) is 18.9 Å². The molecule has 0 aromatic carbocycles. The Bertz CT molecular complexity index is 362. The van der Waals surface area contributed by atoms with Gasteiger partial charge in [-0.25, -0.2) is 0 Å². The van der Waals surface area contributed by atoms with E-state index in [9.17, 15) is 4.79 Å². The van der Waals surface area contributed by atoms with Crippen molar-refractivity contribution in [2.45, 2.75) is 33.2 Å². The van der Waals surface area contributed by atoms with Crippen LogP contribution in [0.2, 0.25) is 0 Å². The van der Waals surface area contributed by atoms with E-state index in [1.807, 2.05) is 13.8 Å². The lowest BCUT2D eigenvalue weighted by Gasteiger charge is -2.21. The molecular weight excluding hydrogens is 220 g/mol. The van der Waals surface area contributed by atoms with Gasteiger partial charge in [0.05, 0.1) is 6.54 Å². The Morgan fingerprint density at radius 3 is 2.76 bits per heavy atom. The first-order valence-electron chi connectivity index (χ1n) is 5.76. The van der Waals surface area contributed by atoms with E-state index in [0.717, 1.165) is 0 Å². The zero-order chi connectivity index (χ0) is 12.8. The Kier molecular flexibility index (Phi) is 5.09. The number of hydrogen-bond donors (Lipinski definition) is 1. The molecule has 96 valence electrons. The van der Waals surface area contributed by atoms with Crippen LogP contribution in [0, 0.1) is 6.92 Å². The topological polar surface area (TPSA) is 71.3 Å². The molecule has 0 unspecified atom stereocenters. The maximum absolute atomic E-state index is 11.6. The fourth-order valence-corrected chi connectivity index (χ4v) is 1.25. The van der Waals surface area contributed by atoms with Crippen molar-refractivity contribution in [2.75, 3.05) is 20.1 Å². The van der Waals surface area contributed by atoms with Gasteiger partial charge in [0.1, 0.15) is 0 Å². The van der Waals surface area contributed by atoms with E-state index in [0.29, 0.717) is 31.2 Å².